The Labute approximate surface area is 121 Å². The van der Waals surface area contributed by atoms with E-state index in [1.807, 2.05) is 31.7 Å². The molecule has 2 rings (SSSR count). The average molecular weight is 276 g/mol. The molecule has 1 saturated heterocycles. The lowest BCUT2D eigenvalue weighted by Crippen LogP contribution is -2.47. The standard InChI is InChI=1S/C16H24N2O2/c1-12-4-5-13(2)15(10-12)20-14(3)11-16(19)18-8-6-17-7-9-18/h4-5,10,14,17H,6-9,11H2,1-3H3. The fraction of sp³-hybridized carbons (Fsp3) is 0.562. The number of carbonyl (C=O) groups is 1. The van der Waals surface area contributed by atoms with Crippen LogP contribution in [-0.4, -0.2) is 43.1 Å². The van der Waals surface area contributed by atoms with Crippen molar-refractivity contribution in [3.8, 4) is 5.75 Å². The highest BCUT2D eigenvalue weighted by atomic mass is 16.5. The minimum absolute atomic E-state index is 0.0992. The molecule has 0 aromatic heterocycles. The smallest absolute Gasteiger partial charge is 0.226 e. The van der Waals surface area contributed by atoms with E-state index in [9.17, 15) is 4.79 Å². The number of benzene rings is 1. The molecule has 110 valence electrons. The summed E-state index contributed by atoms with van der Waals surface area (Å²) >= 11 is 0. The summed E-state index contributed by atoms with van der Waals surface area (Å²) in [5, 5.41) is 3.25. The number of rotatable bonds is 4. The minimum Gasteiger partial charge on any atom is -0.490 e. The Hall–Kier alpha value is -1.55. The topological polar surface area (TPSA) is 41.6 Å². The van der Waals surface area contributed by atoms with Crippen LogP contribution < -0.4 is 10.1 Å². The van der Waals surface area contributed by atoms with Gasteiger partial charge in [-0.1, -0.05) is 12.1 Å². The van der Waals surface area contributed by atoms with Crippen molar-refractivity contribution in [1.29, 1.82) is 0 Å². The zero-order valence-electron chi connectivity index (χ0n) is 12.6. The van der Waals surface area contributed by atoms with Gasteiger partial charge in [-0.3, -0.25) is 4.79 Å². The van der Waals surface area contributed by atoms with Crippen molar-refractivity contribution < 1.29 is 9.53 Å². The molecule has 20 heavy (non-hydrogen) atoms. The van der Waals surface area contributed by atoms with Gasteiger partial charge in [-0.2, -0.15) is 0 Å². The molecule has 1 fully saturated rings. The van der Waals surface area contributed by atoms with Crippen LogP contribution in [0.25, 0.3) is 0 Å². The van der Waals surface area contributed by atoms with E-state index >= 15 is 0 Å². The molecular formula is C16H24N2O2. The van der Waals surface area contributed by atoms with Crippen molar-refractivity contribution >= 4 is 5.91 Å². The van der Waals surface area contributed by atoms with Crippen LogP contribution in [0.2, 0.25) is 0 Å². The van der Waals surface area contributed by atoms with Crippen LogP contribution >= 0.6 is 0 Å². The van der Waals surface area contributed by atoms with E-state index in [0.717, 1.165) is 37.5 Å². The van der Waals surface area contributed by atoms with E-state index < -0.39 is 0 Å². The first kappa shape index (κ1) is 14.9. The zero-order valence-corrected chi connectivity index (χ0v) is 12.6. The Morgan fingerprint density at radius 3 is 2.75 bits per heavy atom. The molecule has 1 aromatic rings. The van der Waals surface area contributed by atoms with Crippen LogP contribution in [0, 0.1) is 13.8 Å². The second-order valence-electron chi connectivity index (χ2n) is 5.53. The summed E-state index contributed by atoms with van der Waals surface area (Å²) in [5.41, 5.74) is 2.28. The van der Waals surface area contributed by atoms with Crippen LogP contribution in [0.3, 0.4) is 0 Å². The van der Waals surface area contributed by atoms with Gasteiger partial charge < -0.3 is 15.0 Å². The maximum Gasteiger partial charge on any atom is 0.226 e. The van der Waals surface area contributed by atoms with Gasteiger partial charge in [0.25, 0.3) is 0 Å². The number of hydrogen-bond acceptors (Lipinski definition) is 3. The van der Waals surface area contributed by atoms with Crippen LogP contribution in [-0.2, 0) is 4.79 Å². The minimum atomic E-state index is -0.0992. The van der Waals surface area contributed by atoms with Crippen molar-refractivity contribution in [2.45, 2.75) is 33.3 Å². The Morgan fingerprint density at radius 2 is 2.05 bits per heavy atom. The van der Waals surface area contributed by atoms with Crippen molar-refractivity contribution in [2.24, 2.45) is 0 Å². The SMILES string of the molecule is Cc1ccc(C)c(OC(C)CC(=O)N2CCNCC2)c1. The van der Waals surface area contributed by atoms with Gasteiger partial charge in [0.2, 0.25) is 5.91 Å². The molecule has 1 N–H and O–H groups in total. The molecule has 4 nitrogen and oxygen atoms in total. The Morgan fingerprint density at radius 1 is 1.35 bits per heavy atom. The quantitative estimate of drug-likeness (QED) is 0.913. The molecule has 4 heteroatoms. The van der Waals surface area contributed by atoms with Gasteiger partial charge in [0.05, 0.1) is 6.42 Å². The summed E-state index contributed by atoms with van der Waals surface area (Å²) in [7, 11) is 0. The Balaban J connectivity index is 1.89. The highest BCUT2D eigenvalue weighted by Crippen LogP contribution is 2.21. The number of nitrogens with zero attached hydrogens (tertiary/aromatic N) is 1. The molecule has 1 aliphatic rings. The van der Waals surface area contributed by atoms with E-state index in [4.69, 9.17) is 4.74 Å². The van der Waals surface area contributed by atoms with Crippen molar-refractivity contribution in [2.75, 3.05) is 26.2 Å². The summed E-state index contributed by atoms with van der Waals surface area (Å²) in [5.74, 6) is 1.06. The normalized spacial score (nSPS) is 16.9. The first-order valence-electron chi connectivity index (χ1n) is 7.28. The van der Waals surface area contributed by atoms with Gasteiger partial charge >= 0.3 is 0 Å². The second kappa shape index (κ2) is 6.75. The predicted octanol–water partition coefficient (Wildman–Crippen LogP) is 1.89. The molecule has 0 radical (unpaired) electrons. The van der Waals surface area contributed by atoms with E-state index in [1.54, 1.807) is 0 Å². The summed E-state index contributed by atoms with van der Waals surface area (Å²) in [6, 6.07) is 6.15. The summed E-state index contributed by atoms with van der Waals surface area (Å²) in [6.07, 6.45) is 0.339. The summed E-state index contributed by atoms with van der Waals surface area (Å²) < 4.78 is 5.92. The fourth-order valence-corrected chi connectivity index (χ4v) is 2.38. The van der Waals surface area contributed by atoms with Crippen LogP contribution in [0.5, 0.6) is 5.75 Å². The number of aryl methyl sites for hydroxylation is 2. The maximum absolute atomic E-state index is 12.2. The molecule has 0 saturated carbocycles. The molecule has 0 spiro atoms. The third kappa shape index (κ3) is 3.97. The molecule has 1 aromatic carbocycles. The zero-order chi connectivity index (χ0) is 14.5. The number of nitrogens with one attached hydrogen (secondary N) is 1. The van der Waals surface area contributed by atoms with Gasteiger partial charge in [0.1, 0.15) is 11.9 Å². The highest BCUT2D eigenvalue weighted by molar-refractivity contribution is 5.76. The molecule has 0 aliphatic carbocycles. The molecule has 1 heterocycles. The van der Waals surface area contributed by atoms with E-state index in [1.165, 1.54) is 5.56 Å². The molecule has 1 unspecified atom stereocenters. The third-order valence-electron chi connectivity index (χ3n) is 3.60. The van der Waals surface area contributed by atoms with E-state index in [2.05, 4.69) is 17.4 Å². The van der Waals surface area contributed by atoms with Gasteiger partial charge in [0.15, 0.2) is 0 Å². The third-order valence-corrected chi connectivity index (χ3v) is 3.60. The van der Waals surface area contributed by atoms with Crippen molar-refractivity contribution in [3.05, 3.63) is 29.3 Å². The molecule has 1 amide bonds. The molecule has 1 aliphatic heterocycles. The highest BCUT2D eigenvalue weighted by Gasteiger charge is 2.19. The predicted molar refractivity (Wildman–Crippen MR) is 80.1 cm³/mol. The number of hydrogen-bond donors (Lipinski definition) is 1. The number of amides is 1. The fourth-order valence-electron chi connectivity index (χ4n) is 2.38. The molecular weight excluding hydrogens is 252 g/mol. The summed E-state index contributed by atoms with van der Waals surface area (Å²) in [4.78, 5) is 14.1. The van der Waals surface area contributed by atoms with E-state index in [0.29, 0.717) is 6.42 Å². The summed E-state index contributed by atoms with van der Waals surface area (Å²) in [6.45, 7) is 9.41. The van der Waals surface area contributed by atoms with Gasteiger partial charge in [-0.15, -0.1) is 0 Å². The van der Waals surface area contributed by atoms with Gasteiger partial charge in [-0.25, -0.2) is 0 Å². The monoisotopic (exact) mass is 276 g/mol. The lowest BCUT2D eigenvalue weighted by molar-refractivity contribution is -0.133. The van der Waals surface area contributed by atoms with Gasteiger partial charge in [0, 0.05) is 26.2 Å². The van der Waals surface area contributed by atoms with Crippen molar-refractivity contribution in [3.63, 3.8) is 0 Å². The van der Waals surface area contributed by atoms with Gasteiger partial charge in [-0.05, 0) is 38.0 Å². The first-order chi connectivity index (χ1) is 9.56. The first-order valence-corrected chi connectivity index (χ1v) is 7.28. The largest absolute Gasteiger partial charge is 0.490 e. The number of ether oxygens (including phenoxy) is 1. The molecule has 0 bridgehead atoms. The van der Waals surface area contributed by atoms with Crippen LogP contribution in [0.15, 0.2) is 18.2 Å². The number of carbonyl (C=O) groups excluding carboxylic acids is 1. The maximum atomic E-state index is 12.2. The van der Waals surface area contributed by atoms with Crippen LogP contribution in [0.1, 0.15) is 24.5 Å². The second-order valence-corrected chi connectivity index (χ2v) is 5.53. The molecule has 1 atom stereocenters. The average Bonchev–Trinajstić information content (AvgIpc) is 2.43. The lowest BCUT2D eigenvalue weighted by Gasteiger charge is -2.28. The van der Waals surface area contributed by atoms with Crippen molar-refractivity contribution in [1.82, 2.24) is 10.2 Å². The van der Waals surface area contributed by atoms with Crippen LogP contribution in [0.4, 0.5) is 0 Å². The lowest BCUT2D eigenvalue weighted by atomic mass is 10.1. The Bertz CT molecular complexity index is 468. The number of piperazine rings is 1. The Kier molecular flexibility index (Phi) is 5.01. The van der Waals surface area contributed by atoms with E-state index in [-0.39, 0.29) is 12.0 Å².